The first-order valence-electron chi connectivity index (χ1n) is 13.5. The van der Waals surface area contributed by atoms with Crippen molar-refractivity contribution in [2.45, 2.75) is 25.7 Å². The van der Waals surface area contributed by atoms with E-state index in [1.807, 2.05) is 69.3 Å². The number of anilines is 2. The number of hydrogen-bond donors (Lipinski definition) is 3. The number of rotatable bonds is 11. The van der Waals surface area contributed by atoms with E-state index in [4.69, 9.17) is 4.74 Å². The quantitative estimate of drug-likeness (QED) is 0.134. The summed E-state index contributed by atoms with van der Waals surface area (Å²) in [6.45, 7) is 6.25. The van der Waals surface area contributed by atoms with Crippen molar-refractivity contribution in [3.63, 3.8) is 0 Å². The van der Waals surface area contributed by atoms with Gasteiger partial charge in [-0.2, -0.15) is 0 Å². The minimum Gasteiger partial charge on any atom is -0.493 e. The molecule has 4 aromatic carbocycles. The van der Waals surface area contributed by atoms with Crippen molar-refractivity contribution in [1.29, 1.82) is 0 Å². The third kappa shape index (κ3) is 8.34. The highest BCUT2D eigenvalue weighted by Crippen LogP contribution is 2.25. The highest BCUT2D eigenvalue weighted by Gasteiger charge is 2.17. The zero-order valence-corrected chi connectivity index (χ0v) is 24.6. The third-order valence-electron chi connectivity index (χ3n) is 6.25. The first kappa shape index (κ1) is 30.1. The van der Waals surface area contributed by atoms with Crippen molar-refractivity contribution in [2.24, 2.45) is 0 Å². The van der Waals surface area contributed by atoms with Gasteiger partial charge in [0.25, 0.3) is 11.8 Å². The van der Waals surface area contributed by atoms with Crippen LogP contribution in [0.15, 0.2) is 108 Å². The number of para-hydroxylation sites is 2. The summed E-state index contributed by atoms with van der Waals surface area (Å²) in [5.41, 5.74) is 4.49. The molecule has 0 aliphatic carbocycles. The molecule has 0 bridgehead atoms. The van der Waals surface area contributed by atoms with Crippen molar-refractivity contribution >= 4 is 46.9 Å². The topological polar surface area (TPSA) is 96.5 Å². The Morgan fingerprint density at radius 2 is 1.50 bits per heavy atom. The summed E-state index contributed by atoms with van der Waals surface area (Å²) < 4.78 is 5.71. The van der Waals surface area contributed by atoms with Crippen LogP contribution in [0.3, 0.4) is 0 Å². The number of benzene rings is 4. The zero-order valence-electron chi connectivity index (χ0n) is 23.8. The van der Waals surface area contributed by atoms with E-state index in [0.29, 0.717) is 29.2 Å². The highest BCUT2D eigenvalue weighted by molar-refractivity contribution is 8.00. The van der Waals surface area contributed by atoms with E-state index in [-0.39, 0.29) is 17.4 Å². The molecule has 0 fully saturated rings. The fourth-order valence-corrected chi connectivity index (χ4v) is 4.94. The van der Waals surface area contributed by atoms with Crippen LogP contribution in [-0.4, -0.2) is 30.1 Å². The molecule has 42 heavy (non-hydrogen) atoms. The summed E-state index contributed by atoms with van der Waals surface area (Å²) in [6.07, 6.45) is 1.59. The SMILES string of the molecule is CCOc1ccccc1/C=C(/NC(=O)c1ccccc1)C(=O)Nc1cccc(SCC(=O)Nc2c(C)cccc2C)c1. The summed E-state index contributed by atoms with van der Waals surface area (Å²) >= 11 is 1.36. The Balaban J connectivity index is 1.49. The van der Waals surface area contributed by atoms with Gasteiger partial charge in [-0.15, -0.1) is 11.8 Å². The second-order valence-corrected chi connectivity index (χ2v) is 10.5. The first-order valence-corrected chi connectivity index (χ1v) is 14.5. The molecule has 0 aliphatic heterocycles. The van der Waals surface area contributed by atoms with Gasteiger partial charge in [0.05, 0.1) is 12.4 Å². The van der Waals surface area contributed by atoms with Crippen molar-refractivity contribution < 1.29 is 19.1 Å². The number of carbonyl (C=O) groups excluding carboxylic acids is 3. The standard InChI is InChI=1S/C34H33N3O4S/c1-4-41-30-19-9-8-16-26(30)20-29(36-33(39)25-14-6-5-7-15-25)34(40)35-27-17-11-18-28(21-27)42-22-31(38)37-32-23(2)12-10-13-24(32)3/h5-21H,4,22H2,1-3H3,(H,35,40)(H,36,39)(H,37,38)/b29-20+. The van der Waals surface area contributed by atoms with E-state index in [1.165, 1.54) is 11.8 Å². The summed E-state index contributed by atoms with van der Waals surface area (Å²) in [4.78, 5) is 39.9. The molecule has 8 heteroatoms. The Morgan fingerprint density at radius 3 is 2.24 bits per heavy atom. The molecular formula is C34H33N3O4S. The van der Waals surface area contributed by atoms with Crippen molar-refractivity contribution in [1.82, 2.24) is 5.32 Å². The Bertz CT molecular complexity index is 1580. The summed E-state index contributed by atoms with van der Waals surface area (Å²) in [5.74, 6) is -0.228. The lowest BCUT2D eigenvalue weighted by Crippen LogP contribution is -2.30. The number of thioether (sulfide) groups is 1. The number of ether oxygens (including phenoxy) is 1. The van der Waals surface area contributed by atoms with Gasteiger partial charge in [0.15, 0.2) is 0 Å². The number of nitrogens with one attached hydrogen (secondary N) is 3. The average molecular weight is 580 g/mol. The zero-order chi connectivity index (χ0) is 29.9. The summed E-state index contributed by atoms with van der Waals surface area (Å²) in [7, 11) is 0. The molecule has 214 valence electrons. The normalized spacial score (nSPS) is 11.0. The van der Waals surface area contributed by atoms with E-state index in [1.54, 1.807) is 54.6 Å². The third-order valence-corrected chi connectivity index (χ3v) is 7.25. The molecule has 0 aromatic heterocycles. The largest absolute Gasteiger partial charge is 0.493 e. The molecule has 0 heterocycles. The van der Waals surface area contributed by atoms with Crippen LogP contribution in [0.4, 0.5) is 11.4 Å². The molecule has 3 amide bonds. The molecule has 4 aromatic rings. The second kappa shape index (κ2) is 14.7. The molecule has 0 atom stereocenters. The number of amides is 3. The van der Waals surface area contributed by atoms with Crippen LogP contribution in [0.5, 0.6) is 5.75 Å². The molecule has 7 nitrogen and oxygen atoms in total. The number of aryl methyl sites for hydroxylation is 2. The van der Waals surface area contributed by atoms with Crippen LogP contribution in [-0.2, 0) is 9.59 Å². The van der Waals surface area contributed by atoms with Crippen LogP contribution >= 0.6 is 11.8 Å². The van der Waals surface area contributed by atoms with Crippen molar-refractivity contribution in [3.05, 3.63) is 125 Å². The number of hydrogen-bond acceptors (Lipinski definition) is 5. The minimum absolute atomic E-state index is 0.0574. The van der Waals surface area contributed by atoms with E-state index < -0.39 is 11.8 Å². The van der Waals surface area contributed by atoms with Gasteiger partial charge < -0.3 is 20.7 Å². The molecule has 0 saturated heterocycles. The lowest BCUT2D eigenvalue weighted by Gasteiger charge is -2.14. The van der Waals surface area contributed by atoms with Gasteiger partial charge >= 0.3 is 0 Å². The average Bonchev–Trinajstić information content (AvgIpc) is 2.99. The molecule has 0 aliphatic rings. The molecule has 4 rings (SSSR count). The van der Waals surface area contributed by atoms with Crippen LogP contribution in [0.25, 0.3) is 6.08 Å². The van der Waals surface area contributed by atoms with Crippen molar-refractivity contribution in [3.8, 4) is 5.75 Å². The Morgan fingerprint density at radius 1 is 0.810 bits per heavy atom. The molecule has 0 radical (unpaired) electrons. The maximum absolute atomic E-state index is 13.5. The summed E-state index contributed by atoms with van der Waals surface area (Å²) in [5, 5.41) is 8.62. The van der Waals surface area contributed by atoms with Gasteiger partial charge in [-0.3, -0.25) is 14.4 Å². The van der Waals surface area contributed by atoms with Crippen molar-refractivity contribution in [2.75, 3.05) is 23.0 Å². The van der Waals surface area contributed by atoms with Crippen LogP contribution in [0.2, 0.25) is 0 Å². The van der Waals surface area contributed by atoms with Gasteiger partial charge in [0.2, 0.25) is 5.91 Å². The number of carbonyl (C=O) groups is 3. The molecule has 0 saturated carbocycles. The molecule has 0 spiro atoms. The fraction of sp³-hybridized carbons (Fsp3) is 0.147. The van der Waals surface area contributed by atoms with Gasteiger partial charge in [-0.05, 0) is 74.4 Å². The minimum atomic E-state index is -0.500. The predicted octanol–water partition coefficient (Wildman–Crippen LogP) is 6.84. The van der Waals surface area contributed by atoms with Crippen LogP contribution in [0, 0.1) is 13.8 Å². The first-order chi connectivity index (χ1) is 20.3. The van der Waals surface area contributed by atoms with E-state index in [0.717, 1.165) is 21.7 Å². The molecule has 3 N–H and O–H groups in total. The van der Waals surface area contributed by atoms with E-state index in [9.17, 15) is 14.4 Å². The Kier molecular flexibility index (Phi) is 10.6. The lowest BCUT2D eigenvalue weighted by atomic mass is 10.1. The molecule has 0 unspecified atom stereocenters. The maximum atomic E-state index is 13.5. The molecular weight excluding hydrogens is 546 g/mol. The summed E-state index contributed by atoms with van der Waals surface area (Å²) in [6, 6.07) is 29.1. The lowest BCUT2D eigenvalue weighted by molar-refractivity contribution is -0.114. The van der Waals surface area contributed by atoms with Gasteiger partial charge in [-0.1, -0.05) is 60.7 Å². The Labute approximate surface area is 250 Å². The fourth-order valence-electron chi connectivity index (χ4n) is 4.18. The maximum Gasteiger partial charge on any atom is 0.272 e. The highest BCUT2D eigenvalue weighted by atomic mass is 32.2. The van der Waals surface area contributed by atoms with Gasteiger partial charge in [0.1, 0.15) is 11.4 Å². The van der Waals surface area contributed by atoms with E-state index >= 15 is 0 Å². The monoisotopic (exact) mass is 579 g/mol. The van der Waals surface area contributed by atoms with Gasteiger partial charge in [-0.25, -0.2) is 0 Å². The smallest absolute Gasteiger partial charge is 0.272 e. The van der Waals surface area contributed by atoms with Gasteiger partial charge in [0, 0.05) is 27.4 Å². The van der Waals surface area contributed by atoms with E-state index in [2.05, 4.69) is 16.0 Å². The van der Waals surface area contributed by atoms with Crippen LogP contribution in [0.1, 0.15) is 34.0 Å². The predicted molar refractivity (Wildman–Crippen MR) is 170 cm³/mol. The second-order valence-electron chi connectivity index (χ2n) is 9.43. The van der Waals surface area contributed by atoms with Crippen LogP contribution < -0.4 is 20.7 Å². The Hall–Kier alpha value is -4.82.